The van der Waals surface area contributed by atoms with Gasteiger partial charge in [0.05, 0.1) is 11.3 Å². The number of carbonyl (C=O) groups excluding carboxylic acids is 1. The lowest BCUT2D eigenvalue weighted by molar-refractivity contribution is 0.0667. The highest BCUT2D eigenvalue weighted by molar-refractivity contribution is 6.02. The zero-order valence-electron chi connectivity index (χ0n) is 12.0. The van der Waals surface area contributed by atoms with E-state index >= 15 is 0 Å². The molecule has 2 aliphatic rings. The summed E-state index contributed by atoms with van der Waals surface area (Å²) in [5.74, 6) is 0.114. The highest BCUT2D eigenvalue weighted by Crippen LogP contribution is 2.39. The zero-order chi connectivity index (χ0) is 14.7. The maximum atomic E-state index is 12.7. The number of aromatic nitrogens is 1. The summed E-state index contributed by atoms with van der Waals surface area (Å²) in [5, 5.41) is 4.79. The molecule has 1 amide bonds. The van der Waals surface area contributed by atoms with E-state index in [0.717, 1.165) is 35.4 Å². The van der Waals surface area contributed by atoms with Crippen LogP contribution in [0.1, 0.15) is 27.8 Å². The van der Waals surface area contributed by atoms with Crippen molar-refractivity contribution in [1.82, 2.24) is 9.88 Å². The van der Waals surface area contributed by atoms with Crippen LogP contribution in [-0.4, -0.2) is 22.3 Å². The molecule has 108 valence electrons. The number of amides is 1. The third kappa shape index (κ3) is 1.44. The number of nitrogens with one attached hydrogen (secondary N) is 2. The van der Waals surface area contributed by atoms with Crippen LogP contribution in [-0.2, 0) is 6.42 Å². The largest absolute Gasteiger partial charge is 0.360 e. The minimum absolute atomic E-state index is 0.0986. The van der Waals surface area contributed by atoms with Gasteiger partial charge in [-0.15, -0.1) is 0 Å². The smallest absolute Gasteiger partial charge is 0.257 e. The van der Waals surface area contributed by atoms with Crippen molar-refractivity contribution in [2.24, 2.45) is 0 Å². The van der Waals surface area contributed by atoms with E-state index in [4.69, 9.17) is 0 Å². The summed E-state index contributed by atoms with van der Waals surface area (Å²) in [5.41, 5.74) is 5.27. The van der Waals surface area contributed by atoms with Crippen LogP contribution in [0.15, 0.2) is 48.5 Å². The van der Waals surface area contributed by atoms with Gasteiger partial charge >= 0.3 is 0 Å². The molecule has 5 rings (SSSR count). The second-order valence-electron chi connectivity index (χ2n) is 5.90. The lowest BCUT2D eigenvalue weighted by Gasteiger charge is -2.40. The van der Waals surface area contributed by atoms with E-state index in [1.54, 1.807) is 0 Å². The van der Waals surface area contributed by atoms with Crippen LogP contribution in [0, 0.1) is 0 Å². The molecule has 3 aromatic rings. The van der Waals surface area contributed by atoms with Crippen LogP contribution in [0.2, 0.25) is 0 Å². The fraction of sp³-hybridized carbons (Fsp3) is 0.167. The number of para-hydroxylation sites is 2. The third-order valence-electron chi connectivity index (χ3n) is 4.75. The van der Waals surface area contributed by atoms with Crippen molar-refractivity contribution in [3.63, 3.8) is 0 Å². The molecule has 0 saturated carbocycles. The van der Waals surface area contributed by atoms with Gasteiger partial charge in [0.25, 0.3) is 5.91 Å². The number of benzene rings is 2. The van der Waals surface area contributed by atoms with Crippen LogP contribution < -0.4 is 5.32 Å². The van der Waals surface area contributed by atoms with Crippen LogP contribution in [0.25, 0.3) is 10.9 Å². The van der Waals surface area contributed by atoms with Crippen molar-refractivity contribution in [2.75, 3.05) is 11.9 Å². The quantitative estimate of drug-likeness (QED) is 0.667. The van der Waals surface area contributed by atoms with E-state index in [9.17, 15) is 4.79 Å². The van der Waals surface area contributed by atoms with Gasteiger partial charge in [-0.3, -0.25) is 4.79 Å². The van der Waals surface area contributed by atoms with Crippen molar-refractivity contribution >= 4 is 22.5 Å². The van der Waals surface area contributed by atoms with E-state index in [1.165, 1.54) is 10.9 Å². The number of nitrogens with zero attached hydrogens (tertiary/aromatic N) is 1. The van der Waals surface area contributed by atoms with Gasteiger partial charge in [-0.25, -0.2) is 0 Å². The number of aromatic amines is 1. The standard InChI is InChI=1S/C18H15N3O/c22-18-13-6-2-4-8-15(13)20-17-16-12(9-10-21(17)18)11-5-1-3-7-14(11)19-16/h1-8,17,19-20H,9-10H2/t17-/m0/s1. The van der Waals surface area contributed by atoms with Gasteiger partial charge in [-0.05, 0) is 30.2 Å². The monoisotopic (exact) mass is 289 g/mol. The molecule has 0 bridgehead atoms. The molecule has 1 atom stereocenters. The Kier molecular flexibility index (Phi) is 2.23. The second-order valence-corrected chi connectivity index (χ2v) is 5.90. The molecule has 0 fully saturated rings. The molecule has 0 unspecified atom stereocenters. The Morgan fingerprint density at radius 1 is 1.05 bits per heavy atom. The average Bonchev–Trinajstić information content (AvgIpc) is 2.94. The van der Waals surface area contributed by atoms with Gasteiger partial charge in [0.1, 0.15) is 6.17 Å². The summed E-state index contributed by atoms with van der Waals surface area (Å²) in [6.07, 6.45) is 0.796. The molecule has 1 aromatic heterocycles. The number of carbonyl (C=O) groups is 1. The zero-order valence-corrected chi connectivity index (χ0v) is 12.0. The Hall–Kier alpha value is -2.75. The Labute approximate surface area is 127 Å². The number of hydrogen-bond donors (Lipinski definition) is 2. The first kappa shape index (κ1) is 11.9. The minimum atomic E-state index is -0.0986. The van der Waals surface area contributed by atoms with Crippen LogP contribution in [0.5, 0.6) is 0 Å². The van der Waals surface area contributed by atoms with Gasteiger partial charge in [-0.1, -0.05) is 30.3 Å². The van der Waals surface area contributed by atoms with Crippen molar-refractivity contribution in [3.8, 4) is 0 Å². The molecular weight excluding hydrogens is 274 g/mol. The number of rotatable bonds is 0. The molecule has 4 heteroatoms. The van der Waals surface area contributed by atoms with Crippen molar-refractivity contribution in [2.45, 2.75) is 12.6 Å². The average molecular weight is 289 g/mol. The summed E-state index contributed by atoms with van der Waals surface area (Å²) < 4.78 is 0. The fourth-order valence-electron chi connectivity index (χ4n) is 3.71. The van der Waals surface area contributed by atoms with Crippen LogP contribution in [0.3, 0.4) is 0 Å². The third-order valence-corrected chi connectivity index (χ3v) is 4.75. The predicted octanol–water partition coefficient (Wildman–Crippen LogP) is 3.29. The number of anilines is 1. The van der Waals surface area contributed by atoms with Crippen LogP contribution in [0.4, 0.5) is 5.69 Å². The molecule has 0 saturated heterocycles. The summed E-state index contributed by atoms with van der Waals surface area (Å²) in [6.45, 7) is 0.750. The number of H-pyrrole nitrogens is 1. The van der Waals surface area contributed by atoms with E-state index in [0.29, 0.717) is 0 Å². The molecule has 0 aliphatic carbocycles. The highest BCUT2D eigenvalue weighted by atomic mass is 16.2. The molecule has 2 N–H and O–H groups in total. The Bertz CT molecular complexity index is 912. The summed E-state index contributed by atoms with van der Waals surface area (Å²) in [7, 11) is 0. The topological polar surface area (TPSA) is 48.1 Å². The lowest BCUT2D eigenvalue weighted by Crippen LogP contribution is -2.46. The van der Waals surface area contributed by atoms with E-state index in [2.05, 4.69) is 28.5 Å². The molecule has 22 heavy (non-hydrogen) atoms. The van der Waals surface area contributed by atoms with Gasteiger partial charge in [-0.2, -0.15) is 0 Å². The summed E-state index contributed by atoms with van der Waals surface area (Å²) in [4.78, 5) is 18.2. The Morgan fingerprint density at radius 2 is 1.86 bits per heavy atom. The molecule has 0 radical (unpaired) electrons. The maximum absolute atomic E-state index is 12.7. The van der Waals surface area contributed by atoms with E-state index < -0.39 is 0 Å². The maximum Gasteiger partial charge on any atom is 0.257 e. The van der Waals surface area contributed by atoms with Crippen LogP contribution >= 0.6 is 0 Å². The normalized spacial score (nSPS) is 19.4. The van der Waals surface area contributed by atoms with Gasteiger partial charge in [0.15, 0.2) is 0 Å². The first-order chi connectivity index (χ1) is 10.8. The van der Waals surface area contributed by atoms with Gasteiger partial charge < -0.3 is 15.2 Å². The highest BCUT2D eigenvalue weighted by Gasteiger charge is 2.37. The molecule has 0 spiro atoms. The summed E-state index contributed by atoms with van der Waals surface area (Å²) in [6, 6.07) is 16.1. The first-order valence-electron chi connectivity index (χ1n) is 7.59. The second kappa shape index (κ2) is 4.13. The first-order valence-corrected chi connectivity index (χ1v) is 7.59. The van der Waals surface area contributed by atoms with E-state index in [-0.39, 0.29) is 12.1 Å². The molecule has 2 aliphatic heterocycles. The SMILES string of the molecule is O=C1c2ccccc2N[C@@H]2c3[nH]c4ccccc4c3CCN12. The number of fused-ring (bicyclic) bond motifs is 6. The Morgan fingerprint density at radius 3 is 2.82 bits per heavy atom. The number of hydrogen-bond acceptors (Lipinski definition) is 2. The predicted molar refractivity (Wildman–Crippen MR) is 85.8 cm³/mol. The Balaban J connectivity index is 1.71. The summed E-state index contributed by atoms with van der Waals surface area (Å²) >= 11 is 0. The fourth-order valence-corrected chi connectivity index (χ4v) is 3.71. The minimum Gasteiger partial charge on any atom is -0.360 e. The van der Waals surface area contributed by atoms with Crippen molar-refractivity contribution < 1.29 is 4.79 Å². The van der Waals surface area contributed by atoms with Crippen molar-refractivity contribution in [1.29, 1.82) is 0 Å². The lowest BCUT2D eigenvalue weighted by atomic mass is 9.97. The van der Waals surface area contributed by atoms with Gasteiger partial charge in [0.2, 0.25) is 0 Å². The van der Waals surface area contributed by atoms with Crippen molar-refractivity contribution in [3.05, 3.63) is 65.4 Å². The molecule has 4 nitrogen and oxygen atoms in total. The molecular formula is C18H15N3O. The van der Waals surface area contributed by atoms with Gasteiger partial charge in [0, 0.05) is 23.1 Å². The molecule has 2 aromatic carbocycles. The molecule has 3 heterocycles. The van der Waals surface area contributed by atoms with E-state index in [1.807, 2.05) is 35.2 Å².